The highest BCUT2D eigenvalue weighted by Crippen LogP contribution is 2.40. The molecular weight excluding hydrogens is 396 g/mol. The van der Waals surface area contributed by atoms with Crippen molar-refractivity contribution in [3.63, 3.8) is 0 Å². The average Bonchev–Trinajstić information content (AvgIpc) is 3.15. The number of fused-ring (bicyclic) bond motifs is 1. The maximum Gasteiger partial charge on any atom is 0.251 e. The van der Waals surface area contributed by atoms with Crippen molar-refractivity contribution in [3.05, 3.63) is 29.8 Å². The zero-order valence-electron chi connectivity index (χ0n) is 16.0. The average molecular weight is 423 g/mol. The number of carbonyl (C=O) groups is 1. The number of sulfone groups is 1. The molecule has 0 spiro atoms. The van der Waals surface area contributed by atoms with Crippen molar-refractivity contribution >= 4 is 32.7 Å². The first-order valence-corrected chi connectivity index (χ1v) is 12.5. The van der Waals surface area contributed by atoms with Crippen molar-refractivity contribution in [2.24, 2.45) is 10.9 Å². The summed E-state index contributed by atoms with van der Waals surface area (Å²) in [5, 5.41) is 0.615. The molecule has 0 unspecified atom stereocenters. The Morgan fingerprint density at radius 3 is 2.71 bits per heavy atom. The zero-order chi connectivity index (χ0) is 19.7. The van der Waals surface area contributed by atoms with Crippen LogP contribution in [0.4, 0.5) is 0 Å². The number of ether oxygens (including phenoxy) is 1. The summed E-state index contributed by atoms with van der Waals surface area (Å²) in [6.45, 7) is 0.491. The third-order valence-electron chi connectivity index (χ3n) is 5.87. The molecule has 1 saturated carbocycles. The van der Waals surface area contributed by atoms with E-state index in [4.69, 9.17) is 4.74 Å². The number of methoxy groups -OCH3 is 1. The van der Waals surface area contributed by atoms with Gasteiger partial charge in [0.05, 0.1) is 24.7 Å². The van der Waals surface area contributed by atoms with Crippen LogP contribution in [-0.4, -0.2) is 54.3 Å². The Labute approximate surface area is 170 Å². The molecule has 0 bridgehead atoms. The van der Waals surface area contributed by atoms with Gasteiger partial charge in [-0.3, -0.25) is 4.79 Å². The maximum absolute atomic E-state index is 12.8. The molecule has 0 radical (unpaired) electrons. The summed E-state index contributed by atoms with van der Waals surface area (Å²) in [5.74, 6) is 1.00. The van der Waals surface area contributed by atoms with Crippen LogP contribution in [0.3, 0.4) is 0 Å². The van der Waals surface area contributed by atoms with Crippen LogP contribution < -0.4 is 4.74 Å². The maximum atomic E-state index is 12.8. The van der Waals surface area contributed by atoms with Gasteiger partial charge in [0.15, 0.2) is 15.0 Å². The molecule has 2 atom stereocenters. The van der Waals surface area contributed by atoms with Crippen LogP contribution >= 0.6 is 11.8 Å². The van der Waals surface area contributed by atoms with Crippen molar-refractivity contribution < 1.29 is 17.9 Å². The van der Waals surface area contributed by atoms with E-state index < -0.39 is 9.84 Å². The fourth-order valence-corrected chi connectivity index (χ4v) is 8.33. The molecule has 1 aliphatic carbocycles. The molecule has 3 aliphatic rings. The van der Waals surface area contributed by atoms with Gasteiger partial charge in [0.2, 0.25) is 0 Å². The van der Waals surface area contributed by atoms with Crippen LogP contribution in [-0.2, 0) is 21.2 Å². The van der Waals surface area contributed by atoms with E-state index in [9.17, 15) is 13.2 Å². The highest BCUT2D eigenvalue weighted by atomic mass is 32.2. The number of thioether (sulfide) groups is 1. The number of amidine groups is 1. The monoisotopic (exact) mass is 422 g/mol. The lowest BCUT2D eigenvalue weighted by Gasteiger charge is -2.26. The highest BCUT2D eigenvalue weighted by molar-refractivity contribution is 8.15. The summed E-state index contributed by atoms with van der Waals surface area (Å²) in [7, 11) is -1.43. The van der Waals surface area contributed by atoms with Gasteiger partial charge in [0, 0.05) is 23.3 Å². The number of aliphatic imine (C=N–C) groups is 1. The molecule has 28 heavy (non-hydrogen) atoms. The van der Waals surface area contributed by atoms with Crippen molar-refractivity contribution in [3.8, 4) is 5.75 Å². The van der Waals surface area contributed by atoms with Gasteiger partial charge in [-0.1, -0.05) is 49.2 Å². The molecule has 0 aromatic heterocycles. The van der Waals surface area contributed by atoms with Gasteiger partial charge in [-0.15, -0.1) is 0 Å². The van der Waals surface area contributed by atoms with E-state index in [1.165, 1.54) is 18.2 Å². The molecule has 3 fully saturated rings. The number of rotatable bonds is 4. The van der Waals surface area contributed by atoms with Crippen LogP contribution in [0.5, 0.6) is 5.75 Å². The summed E-state index contributed by atoms with van der Waals surface area (Å²) < 4.78 is 29.8. The van der Waals surface area contributed by atoms with E-state index in [0.717, 1.165) is 37.0 Å². The SMILES string of the molecule is COc1ccccc1CN1C(=NC(=O)C2CCCCC2)S[C@@H]2CS(=O)(=O)C[C@H]21. The second-order valence-electron chi connectivity index (χ2n) is 7.81. The Morgan fingerprint density at radius 1 is 1.21 bits per heavy atom. The number of hydrogen-bond acceptors (Lipinski definition) is 5. The predicted octanol–water partition coefficient (Wildman–Crippen LogP) is 2.87. The second-order valence-corrected chi connectivity index (χ2v) is 11.2. The van der Waals surface area contributed by atoms with Gasteiger partial charge in [-0.05, 0) is 18.9 Å². The zero-order valence-corrected chi connectivity index (χ0v) is 17.7. The molecule has 1 amide bonds. The van der Waals surface area contributed by atoms with E-state index in [1.54, 1.807) is 7.11 Å². The van der Waals surface area contributed by atoms with Gasteiger partial charge in [0.25, 0.3) is 5.91 Å². The number of hydrogen-bond donors (Lipinski definition) is 0. The Bertz CT molecular complexity index is 878. The Balaban J connectivity index is 1.61. The number of nitrogens with zero attached hydrogens (tertiary/aromatic N) is 2. The molecule has 1 aromatic carbocycles. The molecule has 4 rings (SSSR count). The van der Waals surface area contributed by atoms with E-state index >= 15 is 0 Å². The summed E-state index contributed by atoms with van der Waals surface area (Å²) >= 11 is 1.45. The minimum atomic E-state index is -3.05. The van der Waals surface area contributed by atoms with Crippen LogP contribution in [0.1, 0.15) is 37.7 Å². The lowest BCUT2D eigenvalue weighted by atomic mass is 9.89. The number of amides is 1. The first kappa shape index (κ1) is 19.8. The third-order valence-corrected chi connectivity index (χ3v) is 9.12. The minimum Gasteiger partial charge on any atom is -0.496 e. The molecule has 6 nitrogen and oxygen atoms in total. The van der Waals surface area contributed by atoms with Crippen LogP contribution in [0.15, 0.2) is 29.3 Å². The largest absolute Gasteiger partial charge is 0.496 e. The van der Waals surface area contributed by atoms with Gasteiger partial charge in [-0.25, -0.2) is 8.42 Å². The number of carbonyl (C=O) groups excluding carboxylic acids is 1. The molecule has 2 heterocycles. The Hall–Kier alpha value is -1.54. The van der Waals surface area contributed by atoms with Crippen molar-refractivity contribution in [2.75, 3.05) is 18.6 Å². The molecule has 1 aromatic rings. The van der Waals surface area contributed by atoms with Crippen LogP contribution in [0, 0.1) is 5.92 Å². The van der Waals surface area contributed by atoms with E-state index in [1.807, 2.05) is 29.2 Å². The second kappa shape index (κ2) is 8.06. The fourth-order valence-electron chi connectivity index (χ4n) is 4.37. The number of benzene rings is 1. The first-order chi connectivity index (χ1) is 13.5. The van der Waals surface area contributed by atoms with Gasteiger partial charge in [0.1, 0.15) is 5.75 Å². The van der Waals surface area contributed by atoms with Crippen molar-refractivity contribution in [2.45, 2.75) is 49.9 Å². The van der Waals surface area contributed by atoms with Gasteiger partial charge < -0.3 is 9.64 Å². The fraction of sp³-hybridized carbons (Fsp3) is 0.600. The Kier molecular flexibility index (Phi) is 5.69. The summed E-state index contributed by atoms with van der Waals surface area (Å²) in [6.07, 6.45) is 5.19. The smallest absolute Gasteiger partial charge is 0.251 e. The number of para-hydroxylation sites is 1. The lowest BCUT2D eigenvalue weighted by molar-refractivity contribution is -0.122. The molecular formula is C20H26N2O4S2. The first-order valence-electron chi connectivity index (χ1n) is 9.85. The predicted molar refractivity (Wildman–Crippen MR) is 111 cm³/mol. The quantitative estimate of drug-likeness (QED) is 0.743. The van der Waals surface area contributed by atoms with E-state index in [2.05, 4.69) is 4.99 Å². The molecule has 0 N–H and O–H groups in total. The molecule has 2 aliphatic heterocycles. The third kappa shape index (κ3) is 4.08. The minimum absolute atomic E-state index is 0.0131. The Morgan fingerprint density at radius 2 is 1.96 bits per heavy atom. The summed E-state index contributed by atoms with van der Waals surface area (Å²) in [5.41, 5.74) is 0.966. The molecule has 152 valence electrons. The normalized spacial score (nSPS) is 28.5. The van der Waals surface area contributed by atoms with E-state index in [-0.39, 0.29) is 34.6 Å². The van der Waals surface area contributed by atoms with Crippen LogP contribution in [0.25, 0.3) is 0 Å². The standard InChI is InChI=1S/C20H26N2O4S2/c1-26-17-10-6-5-9-15(17)11-22-16-12-28(24,25)13-18(16)27-20(22)21-19(23)14-7-3-2-4-8-14/h5-6,9-10,14,16,18H,2-4,7-8,11-13H2,1H3/t16-,18-/m1/s1. The highest BCUT2D eigenvalue weighted by Gasteiger charge is 2.49. The van der Waals surface area contributed by atoms with Gasteiger partial charge >= 0.3 is 0 Å². The van der Waals surface area contributed by atoms with Crippen molar-refractivity contribution in [1.82, 2.24) is 4.90 Å². The molecule has 8 heteroatoms. The lowest BCUT2D eigenvalue weighted by Crippen LogP contribution is -2.37. The summed E-state index contributed by atoms with van der Waals surface area (Å²) in [6, 6.07) is 7.57. The molecule has 2 saturated heterocycles. The van der Waals surface area contributed by atoms with Gasteiger partial charge in [-0.2, -0.15) is 4.99 Å². The van der Waals surface area contributed by atoms with E-state index in [0.29, 0.717) is 11.7 Å². The van der Waals surface area contributed by atoms with Crippen molar-refractivity contribution in [1.29, 1.82) is 0 Å². The van der Waals surface area contributed by atoms with Crippen LogP contribution in [0.2, 0.25) is 0 Å². The topological polar surface area (TPSA) is 76.0 Å². The summed E-state index contributed by atoms with van der Waals surface area (Å²) in [4.78, 5) is 19.3.